The van der Waals surface area contributed by atoms with Gasteiger partial charge in [-0.3, -0.25) is 4.79 Å². The smallest absolute Gasteiger partial charge is 0.253 e. The van der Waals surface area contributed by atoms with Crippen LogP contribution in [0.5, 0.6) is 0 Å². The Bertz CT molecular complexity index is 691. The molecule has 0 bridgehead atoms. The molecule has 0 heterocycles. The van der Waals surface area contributed by atoms with Crippen LogP contribution in [0.3, 0.4) is 0 Å². The number of nitrogens with two attached hydrogens (primary N) is 1. The maximum Gasteiger partial charge on any atom is 0.253 e. The molecule has 0 unspecified atom stereocenters. The number of rotatable bonds is 3. The molecule has 0 saturated carbocycles. The highest BCUT2D eigenvalue weighted by Crippen LogP contribution is 2.20. The first-order valence-corrected chi connectivity index (χ1v) is 6.50. The van der Waals surface area contributed by atoms with Crippen molar-refractivity contribution in [2.45, 2.75) is 6.54 Å². The summed E-state index contributed by atoms with van der Waals surface area (Å²) in [4.78, 5) is 13.6. The molecule has 3 nitrogen and oxygen atoms in total. The quantitative estimate of drug-likeness (QED) is 0.882. The lowest BCUT2D eigenvalue weighted by molar-refractivity contribution is 0.0785. The van der Waals surface area contributed by atoms with Gasteiger partial charge in [-0.05, 0) is 35.9 Å². The number of nitrogen functional groups attached to an aromatic ring is 1. The van der Waals surface area contributed by atoms with Crippen LogP contribution in [0.15, 0.2) is 36.4 Å². The fourth-order valence-corrected chi connectivity index (χ4v) is 2.00. The lowest BCUT2D eigenvalue weighted by Gasteiger charge is -2.18. The van der Waals surface area contributed by atoms with E-state index in [9.17, 15) is 13.6 Å². The predicted octanol–water partition coefficient (Wildman–Crippen LogP) is 3.47. The zero-order chi connectivity index (χ0) is 15.6. The molecule has 6 heteroatoms. The standard InChI is InChI=1S/C15H13ClF2N2O/c1-20(8-9-2-5-12(17)13(18)6-9)15(21)10-3-4-11(16)14(19)7-10/h2-7H,8,19H2,1H3. The number of carbonyl (C=O) groups is 1. The second kappa shape index (κ2) is 6.10. The monoisotopic (exact) mass is 310 g/mol. The van der Waals surface area contributed by atoms with E-state index in [1.54, 1.807) is 13.1 Å². The van der Waals surface area contributed by atoms with Crippen LogP contribution in [-0.2, 0) is 6.54 Å². The molecule has 2 rings (SSSR count). The minimum Gasteiger partial charge on any atom is -0.398 e. The lowest BCUT2D eigenvalue weighted by atomic mass is 10.1. The Morgan fingerprint density at radius 1 is 1.19 bits per heavy atom. The molecule has 1 amide bonds. The highest BCUT2D eigenvalue weighted by atomic mass is 35.5. The number of halogens is 3. The number of amides is 1. The van der Waals surface area contributed by atoms with Gasteiger partial charge in [0.05, 0.1) is 10.7 Å². The van der Waals surface area contributed by atoms with E-state index in [0.29, 0.717) is 21.8 Å². The summed E-state index contributed by atoms with van der Waals surface area (Å²) in [6.45, 7) is 0.151. The van der Waals surface area contributed by atoms with Crippen molar-refractivity contribution in [3.8, 4) is 0 Å². The highest BCUT2D eigenvalue weighted by molar-refractivity contribution is 6.33. The molecule has 2 N–H and O–H groups in total. The summed E-state index contributed by atoms with van der Waals surface area (Å²) >= 11 is 5.80. The van der Waals surface area contributed by atoms with Gasteiger partial charge in [-0.2, -0.15) is 0 Å². The predicted molar refractivity (Wildman–Crippen MR) is 78.0 cm³/mol. The number of carbonyl (C=O) groups excluding carboxylic acids is 1. The Balaban J connectivity index is 2.15. The van der Waals surface area contributed by atoms with Gasteiger partial charge in [-0.15, -0.1) is 0 Å². The van der Waals surface area contributed by atoms with E-state index in [1.165, 1.54) is 23.1 Å². The first kappa shape index (κ1) is 15.3. The molecule has 0 spiro atoms. The Kier molecular flexibility index (Phi) is 4.43. The van der Waals surface area contributed by atoms with Gasteiger partial charge in [-0.1, -0.05) is 17.7 Å². The van der Waals surface area contributed by atoms with Crippen LogP contribution in [0.4, 0.5) is 14.5 Å². The van der Waals surface area contributed by atoms with E-state index >= 15 is 0 Å². The van der Waals surface area contributed by atoms with Gasteiger partial charge in [0.1, 0.15) is 0 Å². The molecule has 0 fully saturated rings. The molecular weight excluding hydrogens is 298 g/mol. The summed E-state index contributed by atoms with van der Waals surface area (Å²) in [6.07, 6.45) is 0. The Labute approximate surface area is 125 Å². The van der Waals surface area contributed by atoms with Crippen LogP contribution < -0.4 is 5.73 Å². The van der Waals surface area contributed by atoms with Gasteiger partial charge in [0.2, 0.25) is 0 Å². The van der Waals surface area contributed by atoms with Crippen molar-refractivity contribution in [1.29, 1.82) is 0 Å². The minimum absolute atomic E-state index is 0.151. The van der Waals surface area contributed by atoms with Crippen molar-refractivity contribution in [2.75, 3.05) is 12.8 Å². The van der Waals surface area contributed by atoms with Crippen LogP contribution >= 0.6 is 11.6 Å². The van der Waals surface area contributed by atoms with Gasteiger partial charge in [0.15, 0.2) is 11.6 Å². The molecule has 110 valence electrons. The summed E-state index contributed by atoms with van der Waals surface area (Å²) < 4.78 is 26.0. The topological polar surface area (TPSA) is 46.3 Å². The molecule has 21 heavy (non-hydrogen) atoms. The van der Waals surface area contributed by atoms with Crippen molar-refractivity contribution in [2.24, 2.45) is 0 Å². The van der Waals surface area contributed by atoms with E-state index in [0.717, 1.165) is 12.1 Å². The second-order valence-electron chi connectivity index (χ2n) is 4.65. The summed E-state index contributed by atoms with van der Waals surface area (Å²) in [5, 5.41) is 0.370. The van der Waals surface area contributed by atoms with Crippen molar-refractivity contribution in [3.63, 3.8) is 0 Å². The largest absolute Gasteiger partial charge is 0.398 e. The van der Waals surface area contributed by atoms with Crippen LogP contribution in [0.25, 0.3) is 0 Å². The Morgan fingerprint density at radius 2 is 1.90 bits per heavy atom. The van der Waals surface area contributed by atoms with Gasteiger partial charge < -0.3 is 10.6 Å². The third-order valence-corrected chi connectivity index (χ3v) is 3.34. The number of nitrogens with zero attached hydrogens (tertiary/aromatic N) is 1. The maximum absolute atomic E-state index is 13.1. The lowest BCUT2D eigenvalue weighted by Crippen LogP contribution is -2.26. The van der Waals surface area contributed by atoms with Crippen molar-refractivity contribution >= 4 is 23.2 Å². The van der Waals surface area contributed by atoms with Gasteiger partial charge in [0, 0.05) is 19.2 Å². The number of anilines is 1. The van der Waals surface area contributed by atoms with E-state index in [4.69, 9.17) is 17.3 Å². The number of hydrogen-bond acceptors (Lipinski definition) is 2. The van der Waals surface area contributed by atoms with Crippen molar-refractivity contribution in [1.82, 2.24) is 4.90 Å². The molecule has 0 aliphatic rings. The van der Waals surface area contributed by atoms with E-state index in [1.807, 2.05) is 0 Å². The molecular formula is C15H13ClF2N2O. The molecule has 0 aromatic heterocycles. The summed E-state index contributed by atoms with van der Waals surface area (Å²) in [7, 11) is 1.56. The molecule has 0 radical (unpaired) electrons. The van der Waals surface area contributed by atoms with Gasteiger partial charge in [0.25, 0.3) is 5.91 Å². The van der Waals surface area contributed by atoms with Crippen LogP contribution in [-0.4, -0.2) is 17.9 Å². The number of hydrogen-bond donors (Lipinski definition) is 1. The fraction of sp³-hybridized carbons (Fsp3) is 0.133. The molecule has 0 aliphatic carbocycles. The zero-order valence-corrected chi connectivity index (χ0v) is 12.0. The summed E-state index contributed by atoms with van der Waals surface area (Å²) in [6, 6.07) is 8.10. The average Bonchev–Trinajstić information content (AvgIpc) is 2.45. The van der Waals surface area contributed by atoms with Crippen LogP contribution in [0.1, 0.15) is 15.9 Å². The second-order valence-corrected chi connectivity index (χ2v) is 5.05. The first-order valence-electron chi connectivity index (χ1n) is 6.13. The van der Waals surface area contributed by atoms with E-state index in [2.05, 4.69) is 0 Å². The Hall–Kier alpha value is -2.14. The molecule has 2 aromatic carbocycles. The normalized spacial score (nSPS) is 10.5. The van der Waals surface area contributed by atoms with E-state index < -0.39 is 11.6 Å². The highest BCUT2D eigenvalue weighted by Gasteiger charge is 2.14. The van der Waals surface area contributed by atoms with Crippen LogP contribution in [0, 0.1) is 11.6 Å². The minimum atomic E-state index is -0.941. The van der Waals surface area contributed by atoms with Gasteiger partial charge >= 0.3 is 0 Å². The third kappa shape index (κ3) is 3.49. The fourth-order valence-electron chi connectivity index (χ4n) is 1.88. The summed E-state index contributed by atoms with van der Waals surface area (Å²) in [5.74, 6) is -2.15. The number of benzene rings is 2. The third-order valence-electron chi connectivity index (χ3n) is 2.99. The summed E-state index contributed by atoms with van der Waals surface area (Å²) in [5.41, 5.74) is 6.83. The first-order chi connectivity index (χ1) is 9.88. The van der Waals surface area contributed by atoms with Crippen molar-refractivity contribution in [3.05, 3.63) is 64.2 Å². The van der Waals surface area contributed by atoms with E-state index in [-0.39, 0.29) is 12.5 Å². The SMILES string of the molecule is CN(Cc1ccc(F)c(F)c1)C(=O)c1ccc(Cl)c(N)c1. The maximum atomic E-state index is 13.1. The molecule has 2 aromatic rings. The molecule has 0 saturated heterocycles. The Morgan fingerprint density at radius 3 is 2.52 bits per heavy atom. The van der Waals surface area contributed by atoms with Gasteiger partial charge in [-0.25, -0.2) is 8.78 Å². The zero-order valence-electron chi connectivity index (χ0n) is 11.2. The van der Waals surface area contributed by atoms with Crippen molar-refractivity contribution < 1.29 is 13.6 Å². The molecule has 0 atom stereocenters. The van der Waals surface area contributed by atoms with Crippen LogP contribution in [0.2, 0.25) is 5.02 Å². The average molecular weight is 311 g/mol. The molecule has 0 aliphatic heterocycles.